The number of hydrogen-bond acceptors (Lipinski definition) is 2. The Bertz CT molecular complexity index is 734. The van der Waals surface area contributed by atoms with Crippen molar-refractivity contribution in [3.8, 4) is 0 Å². The maximum atomic E-state index is 12.5. The summed E-state index contributed by atoms with van der Waals surface area (Å²) in [5, 5.41) is 1.02. The van der Waals surface area contributed by atoms with Crippen LogP contribution in [0.4, 0.5) is 0 Å². The molecule has 1 aromatic carbocycles. The van der Waals surface area contributed by atoms with Crippen LogP contribution >= 0.6 is 22.3 Å². The Morgan fingerprint density at radius 1 is 1.39 bits per heavy atom. The zero-order valence-corrected chi connectivity index (χ0v) is 11.8. The van der Waals surface area contributed by atoms with Crippen LogP contribution in [0.1, 0.15) is 12.7 Å². The van der Waals surface area contributed by atoms with Gasteiger partial charge in [-0.25, -0.2) is 0 Å². The fourth-order valence-electron chi connectivity index (χ4n) is 1.99. The van der Waals surface area contributed by atoms with Crippen molar-refractivity contribution in [2.75, 3.05) is 5.75 Å². The Morgan fingerprint density at radius 2 is 2.17 bits per heavy atom. The second-order valence-electron chi connectivity index (χ2n) is 4.11. The lowest BCUT2D eigenvalue weighted by Crippen LogP contribution is -2.19. The highest BCUT2D eigenvalue weighted by Gasteiger charge is 2.34. The summed E-state index contributed by atoms with van der Waals surface area (Å²) >= 11 is 5.92. The zero-order chi connectivity index (χ0) is 12.9. The number of halogens is 2. The van der Waals surface area contributed by atoms with Crippen LogP contribution < -0.4 is 5.43 Å². The van der Waals surface area contributed by atoms with Gasteiger partial charge in [-0.2, -0.15) is 0 Å². The van der Waals surface area contributed by atoms with Crippen molar-refractivity contribution in [3.63, 3.8) is 0 Å². The number of allylic oxidation sites excluding steroid dienone is 1. The Morgan fingerprint density at radius 3 is 2.94 bits per heavy atom. The van der Waals surface area contributed by atoms with Crippen LogP contribution in [0.5, 0.6) is 0 Å². The highest BCUT2D eigenvalue weighted by Crippen LogP contribution is 2.33. The van der Waals surface area contributed by atoms with Crippen molar-refractivity contribution in [3.05, 3.63) is 45.3 Å². The SMILES string of the molecule is CC1=CC[S+](Cl)c2c1oc1ccc(Cl)cc1c2=O. The van der Waals surface area contributed by atoms with Gasteiger partial charge in [-0.15, -0.1) is 0 Å². The Kier molecular flexibility index (Phi) is 2.93. The van der Waals surface area contributed by atoms with Crippen molar-refractivity contribution >= 4 is 48.9 Å². The Balaban J connectivity index is 2.46. The molecule has 0 radical (unpaired) electrons. The summed E-state index contributed by atoms with van der Waals surface area (Å²) in [6, 6.07) is 5.06. The fraction of sp³-hybridized carbons (Fsp3) is 0.154. The normalized spacial score (nSPS) is 18.6. The third-order valence-electron chi connectivity index (χ3n) is 2.93. The van der Waals surface area contributed by atoms with Gasteiger partial charge in [0, 0.05) is 5.02 Å². The monoisotopic (exact) mass is 299 g/mol. The zero-order valence-electron chi connectivity index (χ0n) is 9.50. The summed E-state index contributed by atoms with van der Waals surface area (Å²) in [6.45, 7) is 1.93. The van der Waals surface area contributed by atoms with E-state index < -0.39 is 10.1 Å². The molecule has 1 aliphatic rings. The number of rotatable bonds is 0. The minimum Gasteiger partial charge on any atom is -0.451 e. The van der Waals surface area contributed by atoms with E-state index in [2.05, 4.69) is 0 Å². The molecule has 0 fully saturated rings. The van der Waals surface area contributed by atoms with E-state index in [4.69, 9.17) is 26.7 Å². The lowest BCUT2D eigenvalue weighted by atomic mass is 10.1. The lowest BCUT2D eigenvalue weighted by molar-refractivity contribution is 0.568. The molecule has 2 heterocycles. The number of benzene rings is 1. The van der Waals surface area contributed by atoms with Crippen LogP contribution in [-0.2, 0) is 10.1 Å². The van der Waals surface area contributed by atoms with E-state index in [0.717, 1.165) is 5.57 Å². The van der Waals surface area contributed by atoms with Gasteiger partial charge in [0.05, 0.1) is 5.39 Å². The molecule has 2 nitrogen and oxygen atoms in total. The van der Waals surface area contributed by atoms with Crippen molar-refractivity contribution in [1.82, 2.24) is 0 Å². The van der Waals surface area contributed by atoms with E-state index in [1.54, 1.807) is 18.2 Å². The van der Waals surface area contributed by atoms with Crippen LogP contribution in [0.3, 0.4) is 0 Å². The quantitative estimate of drug-likeness (QED) is 0.689. The maximum absolute atomic E-state index is 12.5. The molecule has 0 saturated heterocycles. The first kappa shape index (κ1) is 12.2. The van der Waals surface area contributed by atoms with Gasteiger partial charge in [0.1, 0.15) is 5.58 Å². The molecule has 92 valence electrons. The highest BCUT2D eigenvalue weighted by atomic mass is 35.7. The van der Waals surface area contributed by atoms with Crippen LogP contribution in [-0.4, -0.2) is 5.75 Å². The van der Waals surface area contributed by atoms with Gasteiger partial charge in [-0.1, -0.05) is 11.6 Å². The van der Waals surface area contributed by atoms with E-state index in [-0.39, 0.29) is 5.43 Å². The third-order valence-corrected chi connectivity index (χ3v) is 5.28. The summed E-state index contributed by atoms with van der Waals surface area (Å²) < 4.78 is 5.80. The Hall–Kier alpha value is -0.900. The van der Waals surface area contributed by atoms with E-state index in [9.17, 15) is 4.79 Å². The minimum atomic E-state index is -0.614. The summed E-state index contributed by atoms with van der Waals surface area (Å²) in [5.74, 6) is 1.29. The predicted molar refractivity (Wildman–Crippen MR) is 77.5 cm³/mol. The lowest BCUT2D eigenvalue weighted by Gasteiger charge is -2.10. The summed E-state index contributed by atoms with van der Waals surface area (Å²) in [4.78, 5) is 13.0. The summed E-state index contributed by atoms with van der Waals surface area (Å²) in [7, 11) is 5.63. The first-order chi connectivity index (χ1) is 8.58. The van der Waals surface area contributed by atoms with Gasteiger partial charge in [-0.3, -0.25) is 4.79 Å². The predicted octanol–water partition coefficient (Wildman–Crippen LogP) is 3.99. The molecule has 0 N–H and O–H groups in total. The van der Waals surface area contributed by atoms with Crippen LogP contribution in [0.15, 0.2) is 38.4 Å². The minimum absolute atomic E-state index is 0.0699. The molecule has 2 aromatic rings. The molecular formula is C13H9Cl2O2S+. The summed E-state index contributed by atoms with van der Waals surface area (Å²) in [5.41, 5.74) is 1.44. The largest absolute Gasteiger partial charge is 0.451 e. The third kappa shape index (κ3) is 1.78. The molecule has 0 bridgehead atoms. The van der Waals surface area contributed by atoms with E-state index in [0.29, 0.717) is 32.4 Å². The van der Waals surface area contributed by atoms with Gasteiger partial charge < -0.3 is 4.42 Å². The van der Waals surface area contributed by atoms with Crippen LogP contribution in [0, 0.1) is 0 Å². The molecule has 18 heavy (non-hydrogen) atoms. The summed E-state index contributed by atoms with van der Waals surface area (Å²) in [6.07, 6.45) is 2.00. The molecule has 1 aliphatic heterocycles. The molecule has 0 amide bonds. The molecule has 1 aromatic heterocycles. The smallest absolute Gasteiger partial charge is 0.265 e. The average Bonchev–Trinajstić information content (AvgIpc) is 2.35. The molecule has 1 unspecified atom stereocenters. The Labute approximate surface area is 116 Å². The second-order valence-corrected chi connectivity index (χ2v) is 7.07. The van der Waals surface area contributed by atoms with Crippen molar-refractivity contribution in [2.45, 2.75) is 11.8 Å². The van der Waals surface area contributed by atoms with Gasteiger partial charge >= 0.3 is 0 Å². The molecule has 0 aliphatic carbocycles. The first-order valence-electron chi connectivity index (χ1n) is 5.38. The highest BCUT2D eigenvalue weighted by molar-refractivity contribution is 8.18. The second kappa shape index (κ2) is 4.34. The van der Waals surface area contributed by atoms with E-state index in [1.165, 1.54) is 0 Å². The van der Waals surface area contributed by atoms with Crippen molar-refractivity contribution in [1.29, 1.82) is 0 Å². The van der Waals surface area contributed by atoms with Gasteiger partial charge in [0.25, 0.3) is 4.90 Å². The van der Waals surface area contributed by atoms with Crippen molar-refractivity contribution in [2.24, 2.45) is 0 Å². The molecule has 3 rings (SSSR count). The number of hydrogen-bond donors (Lipinski definition) is 0. The van der Waals surface area contributed by atoms with Gasteiger partial charge in [0.2, 0.25) is 5.43 Å². The topological polar surface area (TPSA) is 30.2 Å². The van der Waals surface area contributed by atoms with E-state index >= 15 is 0 Å². The molecule has 1 atom stereocenters. The molecule has 5 heteroatoms. The standard InChI is InChI=1S/C13H9Cl2O2S/c1-7-4-5-18(15)13-11(16)9-6-8(14)2-3-10(9)17-12(7)13/h2-4,6H,5H2,1H3/q+1. The molecule has 0 spiro atoms. The van der Waals surface area contributed by atoms with E-state index in [1.807, 2.05) is 13.0 Å². The molecular weight excluding hydrogens is 291 g/mol. The molecule has 0 saturated carbocycles. The van der Waals surface area contributed by atoms with Crippen molar-refractivity contribution < 1.29 is 4.42 Å². The van der Waals surface area contributed by atoms with Gasteiger partial charge in [-0.05, 0) is 36.8 Å². The van der Waals surface area contributed by atoms with Crippen LogP contribution in [0.2, 0.25) is 5.02 Å². The average molecular weight is 300 g/mol. The number of fused-ring (bicyclic) bond motifs is 2. The fourth-order valence-corrected chi connectivity index (χ4v) is 4.04. The maximum Gasteiger partial charge on any atom is 0.265 e. The van der Waals surface area contributed by atoms with Gasteiger partial charge in [0.15, 0.2) is 32.3 Å². The van der Waals surface area contributed by atoms with Crippen LogP contribution in [0.25, 0.3) is 16.5 Å². The first-order valence-corrected chi connectivity index (χ1v) is 7.98.